The lowest BCUT2D eigenvalue weighted by molar-refractivity contribution is 1.05. The van der Waals surface area contributed by atoms with E-state index in [0.717, 1.165) is 5.56 Å². The number of pyridine rings is 1. The molecule has 0 saturated heterocycles. The number of hydrogen-bond donors (Lipinski definition) is 2. The standard InChI is InChI=1S/C13H12N4S/c18-13(16-12-8-4-5-9-14-12)17-15-10-11-6-2-1-3-7-11/h1-10H,(H2,14,16,17,18)/b15-10+. The molecule has 5 heteroatoms. The number of thiocarbonyl (C=S) groups is 1. The number of hydrazone groups is 1. The van der Waals surface area contributed by atoms with Crippen molar-refractivity contribution >= 4 is 29.4 Å². The highest BCUT2D eigenvalue weighted by Crippen LogP contribution is 1.99. The number of nitrogens with zero attached hydrogens (tertiary/aromatic N) is 2. The normalized spacial score (nSPS) is 10.2. The molecule has 4 nitrogen and oxygen atoms in total. The predicted molar refractivity (Wildman–Crippen MR) is 77.6 cm³/mol. The Hall–Kier alpha value is -2.27. The van der Waals surface area contributed by atoms with Crippen LogP contribution in [0.3, 0.4) is 0 Å². The summed E-state index contributed by atoms with van der Waals surface area (Å²) in [5.74, 6) is 0.685. The van der Waals surface area contributed by atoms with Gasteiger partial charge in [0.25, 0.3) is 0 Å². The number of nitrogens with one attached hydrogen (secondary N) is 2. The van der Waals surface area contributed by atoms with Crippen LogP contribution in [0.1, 0.15) is 5.56 Å². The highest BCUT2D eigenvalue weighted by molar-refractivity contribution is 7.80. The summed E-state index contributed by atoms with van der Waals surface area (Å²) >= 11 is 5.08. The van der Waals surface area contributed by atoms with E-state index in [1.165, 1.54) is 0 Å². The van der Waals surface area contributed by atoms with Gasteiger partial charge in [-0.3, -0.25) is 5.43 Å². The van der Waals surface area contributed by atoms with Gasteiger partial charge in [-0.1, -0.05) is 36.4 Å². The van der Waals surface area contributed by atoms with Gasteiger partial charge in [0.05, 0.1) is 6.21 Å². The van der Waals surface area contributed by atoms with Gasteiger partial charge in [-0.15, -0.1) is 0 Å². The number of rotatable bonds is 3. The molecule has 0 saturated carbocycles. The molecular formula is C13H12N4S. The van der Waals surface area contributed by atoms with Crippen molar-refractivity contribution in [2.45, 2.75) is 0 Å². The van der Waals surface area contributed by atoms with E-state index >= 15 is 0 Å². The van der Waals surface area contributed by atoms with Crippen molar-refractivity contribution in [1.82, 2.24) is 10.4 Å². The fourth-order valence-corrected chi connectivity index (χ4v) is 1.44. The zero-order valence-electron chi connectivity index (χ0n) is 9.58. The van der Waals surface area contributed by atoms with Crippen LogP contribution < -0.4 is 10.7 Å². The third kappa shape index (κ3) is 3.95. The monoisotopic (exact) mass is 256 g/mol. The van der Waals surface area contributed by atoms with Crippen molar-refractivity contribution < 1.29 is 0 Å². The van der Waals surface area contributed by atoms with Crippen LogP contribution in [0.5, 0.6) is 0 Å². The Bertz CT molecular complexity index is 525. The molecule has 18 heavy (non-hydrogen) atoms. The van der Waals surface area contributed by atoms with E-state index < -0.39 is 0 Å². The molecule has 1 aromatic carbocycles. The van der Waals surface area contributed by atoms with Crippen LogP contribution in [0.2, 0.25) is 0 Å². The highest BCUT2D eigenvalue weighted by atomic mass is 32.1. The van der Waals surface area contributed by atoms with Crippen molar-refractivity contribution in [3.8, 4) is 0 Å². The summed E-state index contributed by atoms with van der Waals surface area (Å²) in [7, 11) is 0. The predicted octanol–water partition coefficient (Wildman–Crippen LogP) is 2.40. The van der Waals surface area contributed by atoms with Gasteiger partial charge in [0.1, 0.15) is 5.82 Å². The second-order valence-electron chi connectivity index (χ2n) is 3.45. The Balaban J connectivity index is 1.84. The van der Waals surface area contributed by atoms with Gasteiger partial charge in [0.2, 0.25) is 0 Å². The van der Waals surface area contributed by atoms with Crippen molar-refractivity contribution in [2.24, 2.45) is 5.10 Å². The molecule has 0 aliphatic rings. The number of anilines is 1. The van der Waals surface area contributed by atoms with Crippen LogP contribution in [-0.4, -0.2) is 16.3 Å². The Labute approximate surface area is 111 Å². The van der Waals surface area contributed by atoms with Gasteiger partial charge in [-0.2, -0.15) is 5.10 Å². The van der Waals surface area contributed by atoms with Gasteiger partial charge in [0.15, 0.2) is 5.11 Å². The van der Waals surface area contributed by atoms with Crippen molar-refractivity contribution in [3.63, 3.8) is 0 Å². The van der Waals surface area contributed by atoms with Gasteiger partial charge < -0.3 is 5.32 Å². The molecular weight excluding hydrogens is 244 g/mol. The maximum atomic E-state index is 5.08. The minimum absolute atomic E-state index is 0.404. The molecule has 2 rings (SSSR count). The van der Waals surface area contributed by atoms with Crippen molar-refractivity contribution in [3.05, 3.63) is 60.3 Å². The fraction of sp³-hybridized carbons (Fsp3) is 0. The van der Waals surface area contributed by atoms with Crippen LogP contribution in [0.4, 0.5) is 5.82 Å². The average molecular weight is 256 g/mol. The molecule has 0 spiro atoms. The molecule has 2 aromatic rings. The second-order valence-corrected chi connectivity index (χ2v) is 3.86. The second kappa shape index (κ2) is 6.46. The molecule has 0 amide bonds. The Morgan fingerprint density at radius 2 is 1.89 bits per heavy atom. The SMILES string of the molecule is S=C(N/N=C/c1ccccc1)Nc1ccccn1. The summed E-state index contributed by atoms with van der Waals surface area (Å²) in [5, 5.41) is 7.36. The third-order valence-electron chi connectivity index (χ3n) is 2.09. The summed E-state index contributed by atoms with van der Waals surface area (Å²) < 4.78 is 0. The average Bonchev–Trinajstić information content (AvgIpc) is 2.41. The van der Waals surface area contributed by atoms with Crippen LogP contribution in [-0.2, 0) is 0 Å². The summed E-state index contributed by atoms with van der Waals surface area (Å²) in [5.41, 5.74) is 3.73. The molecule has 0 bridgehead atoms. The van der Waals surface area contributed by atoms with Gasteiger partial charge >= 0.3 is 0 Å². The number of benzene rings is 1. The molecule has 1 heterocycles. The quantitative estimate of drug-likeness (QED) is 0.503. The summed E-state index contributed by atoms with van der Waals surface area (Å²) in [6.07, 6.45) is 3.39. The van der Waals surface area contributed by atoms with Crippen LogP contribution in [0.15, 0.2) is 59.8 Å². The van der Waals surface area contributed by atoms with E-state index in [4.69, 9.17) is 12.2 Å². The number of aromatic nitrogens is 1. The lowest BCUT2D eigenvalue weighted by atomic mass is 10.2. The Kier molecular flexibility index (Phi) is 4.38. The number of hydrogen-bond acceptors (Lipinski definition) is 3. The lowest BCUT2D eigenvalue weighted by Crippen LogP contribution is -2.24. The minimum atomic E-state index is 0.404. The van der Waals surface area contributed by atoms with E-state index in [1.54, 1.807) is 12.4 Å². The molecule has 1 aromatic heterocycles. The molecule has 90 valence electrons. The van der Waals surface area contributed by atoms with E-state index in [1.807, 2.05) is 48.5 Å². The molecule has 2 N–H and O–H groups in total. The summed E-state index contributed by atoms with van der Waals surface area (Å²) in [4.78, 5) is 4.09. The zero-order valence-corrected chi connectivity index (χ0v) is 10.4. The van der Waals surface area contributed by atoms with Gasteiger partial charge in [0, 0.05) is 6.20 Å². The first kappa shape index (κ1) is 12.2. The summed E-state index contributed by atoms with van der Waals surface area (Å²) in [6, 6.07) is 15.3. The highest BCUT2D eigenvalue weighted by Gasteiger charge is 1.94. The Morgan fingerprint density at radius 1 is 1.11 bits per heavy atom. The van der Waals surface area contributed by atoms with Gasteiger partial charge in [-0.05, 0) is 29.9 Å². The molecule has 0 fully saturated rings. The van der Waals surface area contributed by atoms with Crippen LogP contribution in [0.25, 0.3) is 0 Å². The van der Waals surface area contributed by atoms with Crippen LogP contribution >= 0.6 is 12.2 Å². The summed E-state index contributed by atoms with van der Waals surface area (Å²) in [6.45, 7) is 0. The maximum Gasteiger partial charge on any atom is 0.192 e. The molecule has 0 radical (unpaired) electrons. The first-order valence-corrected chi connectivity index (χ1v) is 5.81. The van der Waals surface area contributed by atoms with E-state index in [2.05, 4.69) is 20.8 Å². The Morgan fingerprint density at radius 3 is 2.61 bits per heavy atom. The largest absolute Gasteiger partial charge is 0.316 e. The smallest absolute Gasteiger partial charge is 0.192 e. The maximum absolute atomic E-state index is 5.08. The fourth-order valence-electron chi connectivity index (χ4n) is 1.29. The van der Waals surface area contributed by atoms with E-state index in [0.29, 0.717) is 10.9 Å². The molecule has 0 atom stereocenters. The zero-order chi connectivity index (χ0) is 12.6. The third-order valence-corrected chi connectivity index (χ3v) is 2.28. The minimum Gasteiger partial charge on any atom is -0.316 e. The van der Waals surface area contributed by atoms with E-state index in [9.17, 15) is 0 Å². The van der Waals surface area contributed by atoms with Crippen molar-refractivity contribution in [2.75, 3.05) is 5.32 Å². The lowest BCUT2D eigenvalue weighted by Gasteiger charge is -2.04. The van der Waals surface area contributed by atoms with E-state index in [-0.39, 0.29) is 0 Å². The molecule has 0 aliphatic carbocycles. The molecule has 0 aliphatic heterocycles. The first-order chi connectivity index (χ1) is 8.84. The molecule has 0 unspecified atom stereocenters. The first-order valence-electron chi connectivity index (χ1n) is 5.41. The van der Waals surface area contributed by atoms with Crippen molar-refractivity contribution in [1.29, 1.82) is 0 Å². The topological polar surface area (TPSA) is 49.3 Å². The van der Waals surface area contributed by atoms with Gasteiger partial charge in [-0.25, -0.2) is 4.98 Å². The van der Waals surface area contributed by atoms with Crippen LogP contribution in [0, 0.1) is 0 Å².